The molecule has 0 amide bonds. The molecule has 1 saturated carbocycles. The number of rotatable bonds is 5. The number of anilines is 1. The summed E-state index contributed by atoms with van der Waals surface area (Å²) in [5.41, 5.74) is 0.104. The van der Waals surface area contributed by atoms with Gasteiger partial charge in [-0.3, -0.25) is 10.1 Å². The van der Waals surface area contributed by atoms with Gasteiger partial charge in [0, 0.05) is 12.2 Å². The minimum absolute atomic E-state index is 0.0996. The van der Waals surface area contributed by atoms with Gasteiger partial charge >= 0.3 is 5.69 Å². The highest BCUT2D eigenvalue weighted by atomic mass is 32.2. The topological polar surface area (TPSA) is 127 Å². The van der Waals surface area contributed by atoms with Crippen molar-refractivity contribution in [3.8, 4) is 0 Å². The highest BCUT2D eigenvalue weighted by molar-refractivity contribution is 7.90. The van der Waals surface area contributed by atoms with Crippen LogP contribution in [0.4, 0.5) is 11.4 Å². The van der Waals surface area contributed by atoms with E-state index in [9.17, 15) is 23.6 Å². The van der Waals surface area contributed by atoms with Crippen molar-refractivity contribution in [2.24, 2.45) is 0 Å². The minimum atomic E-state index is -3.90. The van der Waals surface area contributed by atoms with Crippen LogP contribution in [0.2, 0.25) is 0 Å². The SMILES string of the molecule is O=[N+]([O-])c1cnc2c(ccn2S(=O)(=O)c2ccccc2)c1NC1CCCC(O)C1. The van der Waals surface area contributed by atoms with Crippen LogP contribution in [-0.2, 0) is 10.0 Å². The van der Waals surface area contributed by atoms with Gasteiger partial charge in [0.05, 0.1) is 21.3 Å². The monoisotopic (exact) mass is 416 g/mol. The van der Waals surface area contributed by atoms with Crippen molar-refractivity contribution in [3.05, 3.63) is 58.9 Å². The molecule has 4 rings (SSSR count). The summed E-state index contributed by atoms with van der Waals surface area (Å²) in [6.07, 6.45) is 4.72. The molecule has 152 valence electrons. The molecule has 0 bridgehead atoms. The van der Waals surface area contributed by atoms with Crippen molar-refractivity contribution in [1.82, 2.24) is 8.96 Å². The van der Waals surface area contributed by atoms with Crippen LogP contribution < -0.4 is 5.32 Å². The molecule has 2 heterocycles. The molecule has 0 saturated heterocycles. The van der Waals surface area contributed by atoms with Gasteiger partial charge in [0.1, 0.15) is 11.9 Å². The van der Waals surface area contributed by atoms with E-state index >= 15 is 0 Å². The first-order valence-electron chi connectivity index (χ1n) is 9.27. The second kappa shape index (κ2) is 7.45. The van der Waals surface area contributed by atoms with Gasteiger partial charge in [0.25, 0.3) is 10.0 Å². The molecule has 2 aromatic heterocycles. The average Bonchev–Trinajstić information content (AvgIpc) is 3.14. The third kappa shape index (κ3) is 3.56. The van der Waals surface area contributed by atoms with E-state index in [1.807, 2.05) is 0 Å². The van der Waals surface area contributed by atoms with Gasteiger partial charge in [0.2, 0.25) is 0 Å². The Morgan fingerprint density at radius 3 is 2.66 bits per heavy atom. The van der Waals surface area contributed by atoms with Crippen molar-refractivity contribution >= 4 is 32.4 Å². The lowest BCUT2D eigenvalue weighted by Gasteiger charge is -2.27. The first-order valence-corrected chi connectivity index (χ1v) is 10.7. The fraction of sp³-hybridized carbons (Fsp3) is 0.316. The fourth-order valence-corrected chi connectivity index (χ4v) is 5.06. The summed E-state index contributed by atoms with van der Waals surface area (Å²) in [5, 5.41) is 25.0. The second-order valence-electron chi connectivity index (χ2n) is 7.10. The van der Waals surface area contributed by atoms with E-state index in [1.165, 1.54) is 24.4 Å². The van der Waals surface area contributed by atoms with Crippen LogP contribution in [-0.4, -0.2) is 39.5 Å². The van der Waals surface area contributed by atoms with E-state index in [-0.39, 0.29) is 28.0 Å². The molecule has 29 heavy (non-hydrogen) atoms. The lowest BCUT2D eigenvalue weighted by Crippen LogP contribution is -2.30. The summed E-state index contributed by atoms with van der Waals surface area (Å²) < 4.78 is 27.0. The van der Waals surface area contributed by atoms with E-state index in [4.69, 9.17) is 0 Å². The molecule has 0 aliphatic heterocycles. The molecule has 9 nitrogen and oxygen atoms in total. The van der Waals surface area contributed by atoms with Crippen molar-refractivity contribution in [2.45, 2.75) is 42.7 Å². The normalized spacial score (nSPS) is 19.9. The smallest absolute Gasteiger partial charge is 0.311 e. The van der Waals surface area contributed by atoms with E-state index in [0.717, 1.165) is 23.0 Å². The Kier molecular flexibility index (Phi) is 4.97. The molecule has 0 spiro atoms. The number of aliphatic hydroxyl groups is 1. The second-order valence-corrected chi connectivity index (χ2v) is 8.92. The zero-order valence-electron chi connectivity index (χ0n) is 15.4. The van der Waals surface area contributed by atoms with Crippen LogP contribution in [0, 0.1) is 10.1 Å². The third-order valence-corrected chi connectivity index (χ3v) is 6.83. The highest BCUT2D eigenvalue weighted by Crippen LogP contribution is 2.35. The Morgan fingerprint density at radius 1 is 1.21 bits per heavy atom. The van der Waals surface area contributed by atoms with Gasteiger partial charge in [-0.2, -0.15) is 0 Å². The van der Waals surface area contributed by atoms with Crippen LogP contribution in [0.1, 0.15) is 25.7 Å². The van der Waals surface area contributed by atoms with Crippen LogP contribution in [0.5, 0.6) is 0 Å². The van der Waals surface area contributed by atoms with E-state index in [2.05, 4.69) is 10.3 Å². The van der Waals surface area contributed by atoms with Crippen molar-refractivity contribution in [3.63, 3.8) is 0 Å². The lowest BCUT2D eigenvalue weighted by molar-refractivity contribution is -0.384. The summed E-state index contributed by atoms with van der Waals surface area (Å²) in [7, 11) is -3.90. The largest absolute Gasteiger partial charge is 0.393 e. The molecule has 10 heteroatoms. The first kappa shape index (κ1) is 19.3. The number of fused-ring (bicyclic) bond motifs is 1. The number of benzene rings is 1. The van der Waals surface area contributed by atoms with Crippen LogP contribution in [0.25, 0.3) is 11.0 Å². The molecule has 3 aromatic rings. The van der Waals surface area contributed by atoms with E-state index in [0.29, 0.717) is 18.2 Å². The molecule has 2 N–H and O–H groups in total. The molecule has 0 radical (unpaired) electrons. The average molecular weight is 416 g/mol. The minimum Gasteiger partial charge on any atom is -0.393 e. The first-order chi connectivity index (χ1) is 13.9. The summed E-state index contributed by atoms with van der Waals surface area (Å²) in [6.45, 7) is 0. The Hall–Kier alpha value is -2.98. The van der Waals surface area contributed by atoms with Crippen molar-refractivity contribution in [1.29, 1.82) is 0 Å². The van der Waals surface area contributed by atoms with Gasteiger partial charge < -0.3 is 10.4 Å². The molecular formula is C19H20N4O5S. The van der Waals surface area contributed by atoms with Gasteiger partial charge in [-0.1, -0.05) is 18.2 Å². The number of aliphatic hydroxyl groups excluding tert-OH is 1. The number of hydrogen-bond acceptors (Lipinski definition) is 7. The summed E-state index contributed by atoms with van der Waals surface area (Å²) >= 11 is 0. The predicted molar refractivity (Wildman–Crippen MR) is 107 cm³/mol. The van der Waals surface area contributed by atoms with Crippen LogP contribution >= 0.6 is 0 Å². The summed E-state index contributed by atoms with van der Waals surface area (Å²) in [6, 6.07) is 9.30. The zero-order chi connectivity index (χ0) is 20.6. The molecule has 1 fully saturated rings. The molecule has 2 atom stereocenters. The number of nitrogens with one attached hydrogen (secondary N) is 1. The maximum atomic E-state index is 13.0. The van der Waals surface area contributed by atoms with E-state index in [1.54, 1.807) is 18.2 Å². The molecule has 1 aliphatic rings. The molecule has 1 aliphatic carbocycles. The Morgan fingerprint density at radius 2 is 1.97 bits per heavy atom. The Bertz CT molecular complexity index is 1160. The molecule has 2 unspecified atom stereocenters. The van der Waals surface area contributed by atoms with Gasteiger partial charge in [-0.25, -0.2) is 17.4 Å². The molecular weight excluding hydrogens is 396 g/mol. The van der Waals surface area contributed by atoms with Crippen molar-refractivity contribution < 1.29 is 18.4 Å². The third-order valence-electron chi connectivity index (χ3n) is 5.15. The number of pyridine rings is 1. The number of aromatic nitrogens is 2. The maximum absolute atomic E-state index is 13.0. The van der Waals surface area contributed by atoms with Crippen LogP contribution in [0.15, 0.2) is 53.7 Å². The number of nitro groups is 1. The fourth-order valence-electron chi connectivity index (χ4n) is 3.74. The van der Waals surface area contributed by atoms with Crippen molar-refractivity contribution in [2.75, 3.05) is 5.32 Å². The highest BCUT2D eigenvalue weighted by Gasteiger charge is 2.28. The Balaban J connectivity index is 1.82. The predicted octanol–water partition coefficient (Wildman–Crippen LogP) is 2.90. The maximum Gasteiger partial charge on any atom is 0.311 e. The van der Waals surface area contributed by atoms with E-state index < -0.39 is 21.1 Å². The lowest BCUT2D eigenvalue weighted by atomic mass is 9.93. The van der Waals surface area contributed by atoms with Crippen LogP contribution in [0.3, 0.4) is 0 Å². The van der Waals surface area contributed by atoms with Gasteiger partial charge in [0.15, 0.2) is 5.65 Å². The number of hydrogen-bond donors (Lipinski definition) is 2. The number of nitrogens with zero attached hydrogens (tertiary/aromatic N) is 3. The van der Waals surface area contributed by atoms with Gasteiger partial charge in [-0.05, 0) is 43.9 Å². The standard InChI is InChI=1S/C19H20N4O5S/c24-14-6-4-5-13(11-14)21-18-16-9-10-22(19(16)20-12-17(18)23(25)26)29(27,28)15-7-2-1-3-8-15/h1-3,7-10,12-14,24H,4-6,11H2,(H,20,21). The Labute approximate surface area is 167 Å². The molecule has 1 aromatic carbocycles. The summed E-state index contributed by atoms with van der Waals surface area (Å²) in [5.74, 6) is 0. The summed E-state index contributed by atoms with van der Waals surface area (Å²) in [4.78, 5) is 15.2. The quantitative estimate of drug-likeness (QED) is 0.483. The zero-order valence-corrected chi connectivity index (χ0v) is 16.2. The van der Waals surface area contributed by atoms with Gasteiger partial charge in [-0.15, -0.1) is 0 Å².